The summed E-state index contributed by atoms with van der Waals surface area (Å²) in [4.78, 5) is 39.3. The standard InChI is InChI=1S/C32H31N5O2S2/c1-22-10-9-15-36-28(22)33-29(35-18-16-34(17-19-35)21-24-11-5-3-6-12-24)26(30(36)38)20-27-31(39)37(32(40)41-27)23(2)25-13-7-4-8-14-25/h3-15,20,23H,16-19,21H2,1-2H3/b27-20+. The number of carbonyl (C=O) groups excluding carboxylic acids is 1. The Morgan fingerprint density at radius 3 is 2.34 bits per heavy atom. The van der Waals surface area contributed by atoms with Crippen LogP contribution < -0.4 is 10.5 Å². The maximum absolute atomic E-state index is 13.9. The van der Waals surface area contributed by atoms with Crippen LogP contribution in [0.2, 0.25) is 0 Å². The third-order valence-electron chi connectivity index (χ3n) is 7.75. The van der Waals surface area contributed by atoms with Gasteiger partial charge < -0.3 is 4.90 Å². The number of hydrogen-bond donors (Lipinski definition) is 0. The highest BCUT2D eigenvalue weighted by Crippen LogP contribution is 2.38. The molecule has 2 saturated heterocycles. The van der Waals surface area contributed by atoms with Gasteiger partial charge in [-0.2, -0.15) is 0 Å². The minimum Gasteiger partial charge on any atom is -0.353 e. The van der Waals surface area contributed by atoms with E-state index in [9.17, 15) is 9.59 Å². The van der Waals surface area contributed by atoms with E-state index in [-0.39, 0.29) is 17.5 Å². The molecular weight excluding hydrogens is 551 g/mol. The number of thiocarbonyl (C=S) groups is 1. The Morgan fingerprint density at radius 2 is 1.63 bits per heavy atom. The van der Waals surface area contributed by atoms with Gasteiger partial charge in [0, 0.05) is 38.9 Å². The molecule has 0 bridgehead atoms. The van der Waals surface area contributed by atoms with Gasteiger partial charge in [0.15, 0.2) is 0 Å². The molecule has 2 aliphatic heterocycles. The van der Waals surface area contributed by atoms with Crippen molar-refractivity contribution in [1.29, 1.82) is 0 Å². The molecule has 6 rings (SSSR count). The van der Waals surface area contributed by atoms with Gasteiger partial charge in [0.25, 0.3) is 11.5 Å². The Labute approximate surface area is 249 Å². The van der Waals surface area contributed by atoms with E-state index >= 15 is 0 Å². The smallest absolute Gasteiger partial charge is 0.267 e. The van der Waals surface area contributed by atoms with E-state index in [2.05, 4.69) is 34.1 Å². The molecule has 0 spiro atoms. The van der Waals surface area contributed by atoms with Gasteiger partial charge >= 0.3 is 0 Å². The van der Waals surface area contributed by atoms with Crippen molar-refractivity contribution in [2.24, 2.45) is 0 Å². The summed E-state index contributed by atoms with van der Waals surface area (Å²) in [6.07, 6.45) is 3.44. The highest BCUT2D eigenvalue weighted by molar-refractivity contribution is 8.26. The Hall–Kier alpha value is -3.79. The third-order valence-corrected chi connectivity index (χ3v) is 9.08. The average molecular weight is 582 g/mol. The zero-order chi connectivity index (χ0) is 28.5. The molecule has 7 nitrogen and oxygen atoms in total. The van der Waals surface area contributed by atoms with E-state index in [1.54, 1.807) is 21.6 Å². The molecule has 208 valence electrons. The van der Waals surface area contributed by atoms with Crippen LogP contribution in [0, 0.1) is 6.92 Å². The minimum atomic E-state index is -0.217. The quantitative estimate of drug-likeness (QED) is 0.227. The van der Waals surface area contributed by atoms with Crippen molar-refractivity contribution < 1.29 is 4.79 Å². The molecule has 0 aliphatic carbocycles. The summed E-state index contributed by atoms with van der Waals surface area (Å²) in [6.45, 7) is 7.97. The first-order chi connectivity index (χ1) is 19.9. The molecule has 2 aromatic heterocycles. The summed E-state index contributed by atoms with van der Waals surface area (Å²) in [5.74, 6) is 0.425. The van der Waals surface area contributed by atoms with Crippen LogP contribution in [0.5, 0.6) is 0 Å². The number of thioether (sulfide) groups is 1. The van der Waals surface area contributed by atoms with Crippen molar-refractivity contribution in [2.45, 2.75) is 26.4 Å². The summed E-state index contributed by atoms with van der Waals surface area (Å²) in [5.41, 5.74) is 4.05. The second-order valence-corrected chi connectivity index (χ2v) is 12.1. The van der Waals surface area contributed by atoms with Crippen molar-refractivity contribution in [3.8, 4) is 0 Å². The van der Waals surface area contributed by atoms with Crippen LogP contribution in [0.15, 0.2) is 88.7 Å². The lowest BCUT2D eigenvalue weighted by Gasteiger charge is -2.36. The van der Waals surface area contributed by atoms with E-state index in [4.69, 9.17) is 17.2 Å². The van der Waals surface area contributed by atoms with Crippen molar-refractivity contribution in [3.63, 3.8) is 0 Å². The molecular formula is C32H31N5O2S2. The fourth-order valence-corrected chi connectivity index (χ4v) is 6.85. The lowest BCUT2D eigenvalue weighted by Crippen LogP contribution is -2.47. The predicted octanol–water partition coefficient (Wildman–Crippen LogP) is 5.29. The number of anilines is 1. The predicted molar refractivity (Wildman–Crippen MR) is 170 cm³/mol. The molecule has 1 unspecified atom stereocenters. The SMILES string of the molecule is Cc1cccn2c(=O)c(/C=C3/SC(=S)N(C(C)c4ccccc4)C3=O)c(N3CCN(Cc4ccccc4)CC3)nc12. The fraction of sp³-hybridized carbons (Fsp3) is 0.250. The molecule has 2 aliphatic rings. The van der Waals surface area contributed by atoms with Gasteiger partial charge in [0.1, 0.15) is 15.8 Å². The molecule has 41 heavy (non-hydrogen) atoms. The zero-order valence-corrected chi connectivity index (χ0v) is 24.7. The number of hydrogen-bond acceptors (Lipinski definition) is 7. The molecule has 0 radical (unpaired) electrons. The van der Waals surface area contributed by atoms with Crippen LogP contribution in [-0.4, -0.2) is 55.6 Å². The van der Waals surface area contributed by atoms with Crippen molar-refractivity contribution in [3.05, 3.63) is 117 Å². The first-order valence-corrected chi connectivity index (χ1v) is 15.0. The number of carbonyl (C=O) groups is 1. The number of fused-ring (bicyclic) bond motifs is 1. The van der Waals surface area contributed by atoms with Crippen LogP contribution in [0.3, 0.4) is 0 Å². The Balaban J connectivity index is 1.34. The number of amides is 1. The maximum Gasteiger partial charge on any atom is 0.267 e. The molecule has 0 saturated carbocycles. The van der Waals surface area contributed by atoms with Gasteiger partial charge in [-0.15, -0.1) is 0 Å². The van der Waals surface area contributed by atoms with Crippen molar-refractivity contribution >= 4 is 51.7 Å². The number of piperazine rings is 1. The van der Waals surface area contributed by atoms with Crippen LogP contribution in [0.4, 0.5) is 5.82 Å². The molecule has 2 fully saturated rings. The van der Waals surface area contributed by atoms with Crippen molar-refractivity contribution in [1.82, 2.24) is 19.2 Å². The Bertz CT molecular complexity index is 1700. The van der Waals surface area contributed by atoms with Gasteiger partial charge in [-0.05, 0) is 42.7 Å². The Kier molecular flexibility index (Phi) is 7.75. The van der Waals surface area contributed by atoms with Gasteiger partial charge in [-0.25, -0.2) is 4.98 Å². The van der Waals surface area contributed by atoms with E-state index in [0.29, 0.717) is 26.3 Å². The van der Waals surface area contributed by atoms with E-state index in [1.165, 1.54) is 17.3 Å². The first-order valence-electron chi connectivity index (χ1n) is 13.8. The van der Waals surface area contributed by atoms with Crippen LogP contribution >= 0.6 is 24.0 Å². The number of nitrogens with zero attached hydrogens (tertiary/aromatic N) is 5. The summed E-state index contributed by atoms with van der Waals surface area (Å²) >= 11 is 6.89. The molecule has 9 heteroatoms. The second-order valence-electron chi connectivity index (χ2n) is 10.4. The largest absolute Gasteiger partial charge is 0.353 e. The number of pyridine rings is 1. The number of aryl methyl sites for hydroxylation is 1. The number of benzene rings is 2. The van der Waals surface area contributed by atoms with Crippen LogP contribution in [-0.2, 0) is 11.3 Å². The lowest BCUT2D eigenvalue weighted by molar-refractivity contribution is -0.123. The van der Waals surface area contributed by atoms with Gasteiger partial charge in [0.2, 0.25) is 0 Å². The fourth-order valence-electron chi connectivity index (χ4n) is 5.45. The van der Waals surface area contributed by atoms with E-state index in [1.807, 2.05) is 62.4 Å². The van der Waals surface area contributed by atoms with Gasteiger partial charge in [-0.3, -0.25) is 23.8 Å². The second kappa shape index (κ2) is 11.6. The molecule has 0 N–H and O–H groups in total. The lowest BCUT2D eigenvalue weighted by atomic mass is 10.1. The number of rotatable bonds is 6. The van der Waals surface area contributed by atoms with E-state index in [0.717, 1.165) is 43.9 Å². The summed E-state index contributed by atoms with van der Waals surface area (Å²) in [7, 11) is 0. The minimum absolute atomic E-state index is 0.191. The van der Waals surface area contributed by atoms with Crippen LogP contribution in [0.1, 0.15) is 35.2 Å². The molecule has 4 heterocycles. The van der Waals surface area contributed by atoms with E-state index < -0.39 is 0 Å². The summed E-state index contributed by atoms with van der Waals surface area (Å²) < 4.78 is 2.06. The zero-order valence-electron chi connectivity index (χ0n) is 23.1. The topological polar surface area (TPSA) is 61.2 Å². The number of aromatic nitrogens is 2. The molecule has 4 aromatic rings. The van der Waals surface area contributed by atoms with Crippen LogP contribution in [0.25, 0.3) is 11.7 Å². The average Bonchev–Trinajstić information content (AvgIpc) is 3.28. The highest BCUT2D eigenvalue weighted by atomic mass is 32.2. The molecule has 2 aromatic carbocycles. The molecule has 1 atom stereocenters. The van der Waals surface area contributed by atoms with Gasteiger partial charge in [-0.1, -0.05) is 90.7 Å². The van der Waals surface area contributed by atoms with Gasteiger partial charge in [0.05, 0.1) is 16.5 Å². The Morgan fingerprint density at radius 1 is 0.951 bits per heavy atom. The summed E-state index contributed by atoms with van der Waals surface area (Å²) in [5, 5.41) is 0. The highest BCUT2D eigenvalue weighted by Gasteiger charge is 2.36. The monoisotopic (exact) mass is 581 g/mol. The maximum atomic E-state index is 13.9. The summed E-state index contributed by atoms with van der Waals surface area (Å²) in [6, 6.07) is 23.9. The molecule has 1 amide bonds. The normalized spacial score (nSPS) is 18.0. The first kappa shape index (κ1) is 27.4. The third kappa shape index (κ3) is 5.45. The van der Waals surface area contributed by atoms with Crippen molar-refractivity contribution in [2.75, 3.05) is 31.1 Å².